The molecule has 0 amide bonds. The van der Waals surface area contributed by atoms with Crippen LogP contribution < -0.4 is 5.73 Å². The minimum absolute atomic E-state index is 0.203. The van der Waals surface area contributed by atoms with Crippen molar-refractivity contribution in [2.24, 2.45) is 12.8 Å². The van der Waals surface area contributed by atoms with Crippen LogP contribution in [-0.4, -0.2) is 44.4 Å². The predicted octanol–water partition coefficient (Wildman–Crippen LogP) is 0.431. The van der Waals surface area contributed by atoms with Gasteiger partial charge < -0.3 is 10.5 Å². The summed E-state index contributed by atoms with van der Waals surface area (Å²) in [6, 6.07) is 0. The van der Waals surface area contributed by atoms with Crippen LogP contribution in [0, 0.1) is 13.8 Å². The minimum Gasteiger partial charge on any atom is -0.464 e. The van der Waals surface area contributed by atoms with Crippen molar-refractivity contribution in [2.45, 2.75) is 26.8 Å². The molecule has 8 nitrogen and oxygen atoms in total. The molecule has 114 valence electrons. The normalized spacial score (nSPS) is 10.9. The van der Waals surface area contributed by atoms with Crippen LogP contribution in [-0.2, 0) is 18.3 Å². The van der Waals surface area contributed by atoms with Gasteiger partial charge in [-0.2, -0.15) is 5.10 Å². The van der Waals surface area contributed by atoms with Gasteiger partial charge in [-0.3, -0.25) is 4.68 Å². The van der Waals surface area contributed by atoms with Crippen LogP contribution in [0.2, 0.25) is 0 Å². The van der Waals surface area contributed by atoms with Crippen LogP contribution in [0.3, 0.4) is 0 Å². The molecule has 2 heterocycles. The van der Waals surface area contributed by atoms with Gasteiger partial charge in [0.1, 0.15) is 5.69 Å². The fraction of sp³-hybridized carbons (Fsp3) is 0.538. The molecule has 0 aromatic carbocycles. The molecular weight excluding hydrogens is 272 g/mol. The highest BCUT2D eigenvalue weighted by atomic mass is 16.5. The van der Waals surface area contributed by atoms with Crippen LogP contribution in [0.25, 0.3) is 11.3 Å². The predicted molar refractivity (Wildman–Crippen MR) is 76.7 cm³/mol. The van der Waals surface area contributed by atoms with Crippen molar-refractivity contribution < 1.29 is 9.53 Å². The summed E-state index contributed by atoms with van der Waals surface area (Å²) in [6.07, 6.45) is 0.745. The van der Waals surface area contributed by atoms with Crippen LogP contribution in [0.4, 0.5) is 0 Å². The fourth-order valence-corrected chi connectivity index (χ4v) is 2.31. The van der Waals surface area contributed by atoms with E-state index in [-0.39, 0.29) is 5.69 Å². The van der Waals surface area contributed by atoms with Crippen LogP contribution in [0.1, 0.15) is 28.3 Å². The smallest absolute Gasteiger partial charge is 0.360 e. The summed E-state index contributed by atoms with van der Waals surface area (Å²) in [5.41, 5.74) is 9.01. The first-order chi connectivity index (χ1) is 10.0. The summed E-state index contributed by atoms with van der Waals surface area (Å²) < 4.78 is 8.26. The number of aromatic nitrogens is 5. The molecule has 2 aromatic rings. The van der Waals surface area contributed by atoms with Crippen molar-refractivity contribution in [3.63, 3.8) is 0 Å². The Balaban J connectivity index is 2.62. The number of ether oxygens (including phenoxy) is 1. The maximum atomic E-state index is 11.9. The summed E-state index contributed by atoms with van der Waals surface area (Å²) in [6.45, 7) is 4.96. The molecule has 0 aliphatic heterocycles. The van der Waals surface area contributed by atoms with E-state index in [0.717, 1.165) is 23.4 Å². The number of esters is 1. The summed E-state index contributed by atoms with van der Waals surface area (Å²) >= 11 is 0. The van der Waals surface area contributed by atoms with E-state index < -0.39 is 5.97 Å². The van der Waals surface area contributed by atoms with Crippen molar-refractivity contribution >= 4 is 5.97 Å². The number of carbonyl (C=O) groups excluding carboxylic acids is 1. The highest BCUT2D eigenvalue weighted by Gasteiger charge is 2.26. The van der Waals surface area contributed by atoms with E-state index in [4.69, 9.17) is 10.5 Å². The van der Waals surface area contributed by atoms with E-state index in [0.29, 0.717) is 18.8 Å². The highest BCUT2D eigenvalue weighted by molar-refractivity contribution is 5.94. The van der Waals surface area contributed by atoms with Crippen LogP contribution >= 0.6 is 0 Å². The number of nitrogens with two attached hydrogens (primary N) is 1. The van der Waals surface area contributed by atoms with E-state index in [9.17, 15) is 4.79 Å². The van der Waals surface area contributed by atoms with Gasteiger partial charge in [0, 0.05) is 24.8 Å². The Labute approximate surface area is 122 Å². The van der Waals surface area contributed by atoms with Gasteiger partial charge in [0.25, 0.3) is 0 Å². The molecule has 0 unspecified atom stereocenters. The van der Waals surface area contributed by atoms with Crippen molar-refractivity contribution in [3.05, 3.63) is 17.1 Å². The van der Waals surface area contributed by atoms with Crippen molar-refractivity contribution in [1.82, 2.24) is 24.8 Å². The highest BCUT2D eigenvalue weighted by Crippen LogP contribution is 2.29. The van der Waals surface area contributed by atoms with Gasteiger partial charge in [-0.15, -0.1) is 5.10 Å². The third-order valence-electron chi connectivity index (χ3n) is 3.43. The standard InChI is InChI=1S/C13H20N6O2/c1-8-10(9(2)18(3)16-8)12-11(13(20)21-4)15-17-19(12)7-5-6-14/h5-7,14H2,1-4H3. The molecular formula is C13H20N6O2. The lowest BCUT2D eigenvalue weighted by molar-refractivity contribution is 0.0595. The molecule has 21 heavy (non-hydrogen) atoms. The Hall–Kier alpha value is -2.22. The molecule has 0 saturated heterocycles. The minimum atomic E-state index is -0.508. The van der Waals surface area contributed by atoms with Crippen molar-refractivity contribution in [3.8, 4) is 11.3 Å². The maximum absolute atomic E-state index is 11.9. The number of carbonyl (C=O) groups is 1. The SMILES string of the molecule is COC(=O)c1nnn(CCCN)c1-c1c(C)nn(C)c1C. The average Bonchev–Trinajstić information content (AvgIpc) is 2.97. The molecule has 0 aliphatic carbocycles. The number of methoxy groups -OCH3 is 1. The second-order valence-electron chi connectivity index (χ2n) is 4.81. The van der Waals surface area contributed by atoms with Crippen molar-refractivity contribution in [1.29, 1.82) is 0 Å². The Morgan fingerprint density at radius 1 is 1.38 bits per heavy atom. The van der Waals surface area contributed by atoms with E-state index in [1.165, 1.54) is 7.11 Å². The van der Waals surface area contributed by atoms with E-state index in [1.807, 2.05) is 20.9 Å². The Morgan fingerprint density at radius 3 is 2.62 bits per heavy atom. The number of aryl methyl sites for hydroxylation is 3. The van der Waals surface area contributed by atoms with Crippen LogP contribution in [0.5, 0.6) is 0 Å². The largest absolute Gasteiger partial charge is 0.464 e. The van der Waals surface area contributed by atoms with Crippen molar-refractivity contribution in [2.75, 3.05) is 13.7 Å². The Kier molecular flexibility index (Phi) is 4.37. The zero-order valence-electron chi connectivity index (χ0n) is 12.8. The first kappa shape index (κ1) is 15.2. The molecule has 0 spiro atoms. The number of nitrogens with zero attached hydrogens (tertiary/aromatic N) is 5. The zero-order valence-corrected chi connectivity index (χ0v) is 12.8. The lowest BCUT2D eigenvalue weighted by Gasteiger charge is -2.08. The van der Waals surface area contributed by atoms with Gasteiger partial charge in [0.2, 0.25) is 0 Å². The molecule has 2 N–H and O–H groups in total. The summed E-state index contributed by atoms with van der Waals surface area (Å²) in [5, 5.41) is 12.4. The molecule has 8 heteroatoms. The van der Waals surface area contributed by atoms with Gasteiger partial charge >= 0.3 is 5.97 Å². The quantitative estimate of drug-likeness (QED) is 0.802. The zero-order chi connectivity index (χ0) is 15.6. The van der Waals surface area contributed by atoms with Gasteiger partial charge in [-0.05, 0) is 26.8 Å². The molecule has 2 aromatic heterocycles. The molecule has 0 fully saturated rings. The molecule has 0 bridgehead atoms. The molecule has 0 atom stereocenters. The molecule has 2 rings (SSSR count). The van der Waals surface area contributed by atoms with E-state index in [1.54, 1.807) is 9.36 Å². The van der Waals surface area contributed by atoms with E-state index >= 15 is 0 Å². The average molecular weight is 292 g/mol. The Bertz CT molecular complexity index is 658. The maximum Gasteiger partial charge on any atom is 0.360 e. The summed E-state index contributed by atoms with van der Waals surface area (Å²) in [5.74, 6) is -0.508. The number of rotatable bonds is 5. The Morgan fingerprint density at radius 2 is 2.10 bits per heavy atom. The van der Waals surface area contributed by atoms with Gasteiger partial charge in [0.15, 0.2) is 5.69 Å². The second kappa shape index (κ2) is 6.04. The summed E-state index contributed by atoms with van der Waals surface area (Å²) in [4.78, 5) is 11.9. The number of hydrogen-bond donors (Lipinski definition) is 1. The summed E-state index contributed by atoms with van der Waals surface area (Å²) in [7, 11) is 3.19. The van der Waals surface area contributed by atoms with Gasteiger partial charge in [-0.25, -0.2) is 9.48 Å². The molecule has 0 saturated carbocycles. The topological polar surface area (TPSA) is 101 Å². The second-order valence-corrected chi connectivity index (χ2v) is 4.81. The number of hydrogen-bond acceptors (Lipinski definition) is 6. The third kappa shape index (κ3) is 2.66. The monoisotopic (exact) mass is 292 g/mol. The lowest BCUT2D eigenvalue weighted by atomic mass is 10.1. The van der Waals surface area contributed by atoms with Gasteiger partial charge in [0.05, 0.1) is 12.8 Å². The first-order valence-corrected chi connectivity index (χ1v) is 6.73. The molecule has 0 aliphatic rings. The third-order valence-corrected chi connectivity index (χ3v) is 3.43. The van der Waals surface area contributed by atoms with E-state index in [2.05, 4.69) is 15.4 Å². The first-order valence-electron chi connectivity index (χ1n) is 6.73. The van der Waals surface area contributed by atoms with Gasteiger partial charge in [-0.1, -0.05) is 5.21 Å². The van der Waals surface area contributed by atoms with Crippen LogP contribution in [0.15, 0.2) is 0 Å². The lowest BCUT2D eigenvalue weighted by Crippen LogP contribution is -2.10. The molecule has 0 radical (unpaired) electrons. The fourth-order valence-electron chi connectivity index (χ4n) is 2.31.